The minimum absolute atomic E-state index is 0.109. The Balaban J connectivity index is 2.23. The van der Waals surface area contributed by atoms with Crippen LogP contribution in [0.4, 0.5) is 0 Å². The van der Waals surface area contributed by atoms with Gasteiger partial charge in [-0.05, 0) is 44.0 Å². The van der Waals surface area contributed by atoms with Crippen molar-refractivity contribution in [1.82, 2.24) is 5.32 Å². The Bertz CT molecular complexity index is 418. The number of benzene rings is 1. The summed E-state index contributed by atoms with van der Waals surface area (Å²) >= 11 is 0. The molecule has 0 amide bonds. The Morgan fingerprint density at radius 3 is 2.35 bits per heavy atom. The molecule has 0 aromatic heterocycles. The Hall–Kier alpha value is -0.900. The van der Waals surface area contributed by atoms with Gasteiger partial charge in [0.25, 0.3) is 0 Å². The van der Waals surface area contributed by atoms with Crippen LogP contribution in [0.15, 0.2) is 18.2 Å². The lowest BCUT2D eigenvalue weighted by molar-refractivity contribution is -0.109. The predicted molar refractivity (Wildman–Crippen MR) is 82.3 cm³/mol. The zero-order valence-electron chi connectivity index (χ0n) is 13.2. The smallest absolute Gasteiger partial charge is 0.0877 e. The van der Waals surface area contributed by atoms with E-state index in [0.717, 1.165) is 32.5 Å². The highest BCUT2D eigenvalue weighted by Gasteiger charge is 2.40. The quantitative estimate of drug-likeness (QED) is 0.897. The summed E-state index contributed by atoms with van der Waals surface area (Å²) in [5, 5.41) is 3.49. The van der Waals surface area contributed by atoms with Gasteiger partial charge in [-0.2, -0.15) is 0 Å². The molecule has 3 nitrogen and oxygen atoms in total. The Kier molecular flexibility index (Phi) is 5.19. The highest BCUT2D eigenvalue weighted by Crippen LogP contribution is 2.31. The van der Waals surface area contributed by atoms with Crippen molar-refractivity contribution in [2.75, 3.05) is 27.4 Å². The number of rotatable bonds is 5. The summed E-state index contributed by atoms with van der Waals surface area (Å²) in [6.07, 6.45) is 2.92. The second-order valence-electron chi connectivity index (χ2n) is 5.80. The van der Waals surface area contributed by atoms with Gasteiger partial charge >= 0.3 is 0 Å². The molecule has 2 rings (SSSR count). The van der Waals surface area contributed by atoms with Crippen LogP contribution in [0.25, 0.3) is 0 Å². The van der Waals surface area contributed by atoms with Crippen LogP contribution in [0, 0.1) is 13.8 Å². The van der Waals surface area contributed by atoms with Crippen molar-refractivity contribution >= 4 is 0 Å². The lowest BCUT2D eigenvalue weighted by atomic mass is 9.81. The van der Waals surface area contributed by atoms with E-state index >= 15 is 0 Å². The number of ether oxygens (including phenoxy) is 2. The van der Waals surface area contributed by atoms with E-state index in [1.165, 1.54) is 16.7 Å². The van der Waals surface area contributed by atoms with Crippen molar-refractivity contribution in [2.45, 2.75) is 44.8 Å². The molecule has 1 aromatic carbocycles. The molecule has 0 bridgehead atoms. The van der Waals surface area contributed by atoms with Crippen molar-refractivity contribution in [3.05, 3.63) is 34.9 Å². The van der Waals surface area contributed by atoms with Gasteiger partial charge in [-0.15, -0.1) is 0 Å². The molecule has 1 aliphatic heterocycles. The van der Waals surface area contributed by atoms with Gasteiger partial charge < -0.3 is 14.8 Å². The van der Waals surface area contributed by atoms with E-state index in [4.69, 9.17) is 9.47 Å². The summed E-state index contributed by atoms with van der Waals surface area (Å²) in [6.45, 7) is 5.97. The van der Waals surface area contributed by atoms with Crippen LogP contribution < -0.4 is 5.32 Å². The monoisotopic (exact) mass is 277 g/mol. The van der Waals surface area contributed by atoms with E-state index in [9.17, 15) is 0 Å². The molecule has 0 radical (unpaired) electrons. The summed E-state index contributed by atoms with van der Waals surface area (Å²) < 4.78 is 11.5. The van der Waals surface area contributed by atoms with Gasteiger partial charge in [-0.1, -0.05) is 18.2 Å². The average molecular weight is 277 g/mol. The lowest BCUT2D eigenvalue weighted by Crippen LogP contribution is -2.55. The van der Waals surface area contributed by atoms with Crippen LogP contribution in [-0.4, -0.2) is 39.0 Å². The third-order valence-electron chi connectivity index (χ3n) is 4.78. The highest BCUT2D eigenvalue weighted by molar-refractivity contribution is 5.34. The van der Waals surface area contributed by atoms with E-state index in [1.54, 1.807) is 0 Å². The molecule has 1 aromatic rings. The molecule has 0 spiro atoms. The standard InChI is InChI=1S/C17H27NO2/c1-13-6-5-7-14(2)15(13)12-16(18-3)17(19-4)8-10-20-11-9-17/h5-7,16,18H,8-12H2,1-4H3. The maximum atomic E-state index is 5.94. The van der Waals surface area contributed by atoms with Crippen LogP contribution in [-0.2, 0) is 15.9 Å². The first kappa shape index (κ1) is 15.5. The van der Waals surface area contributed by atoms with E-state index in [2.05, 4.69) is 37.4 Å². The van der Waals surface area contributed by atoms with Crippen molar-refractivity contribution in [2.24, 2.45) is 0 Å². The number of likely N-dealkylation sites (N-methyl/N-ethyl adjacent to an activating group) is 1. The molecule has 1 aliphatic rings. The fourth-order valence-electron chi connectivity index (χ4n) is 3.34. The third kappa shape index (κ3) is 3.05. The number of hydrogen-bond donors (Lipinski definition) is 1. The van der Waals surface area contributed by atoms with Crippen molar-refractivity contribution < 1.29 is 9.47 Å². The fourth-order valence-corrected chi connectivity index (χ4v) is 3.34. The maximum absolute atomic E-state index is 5.94. The molecule has 112 valence electrons. The third-order valence-corrected chi connectivity index (χ3v) is 4.78. The van der Waals surface area contributed by atoms with E-state index in [-0.39, 0.29) is 5.60 Å². The molecule has 20 heavy (non-hydrogen) atoms. The Morgan fingerprint density at radius 1 is 1.25 bits per heavy atom. The summed E-state index contributed by atoms with van der Waals surface area (Å²) in [5.41, 5.74) is 4.06. The molecule has 1 atom stereocenters. The van der Waals surface area contributed by atoms with Gasteiger partial charge in [0.15, 0.2) is 0 Å². The van der Waals surface area contributed by atoms with Gasteiger partial charge in [0.05, 0.1) is 5.60 Å². The summed E-state index contributed by atoms with van der Waals surface area (Å²) in [7, 11) is 3.87. The van der Waals surface area contributed by atoms with Crippen LogP contribution in [0.5, 0.6) is 0 Å². The lowest BCUT2D eigenvalue weighted by Gasteiger charge is -2.42. The van der Waals surface area contributed by atoms with Gasteiger partial charge in [0, 0.05) is 39.2 Å². The van der Waals surface area contributed by atoms with Gasteiger partial charge in [-0.25, -0.2) is 0 Å². The molecule has 0 saturated carbocycles. The second kappa shape index (κ2) is 6.70. The molecule has 1 heterocycles. The topological polar surface area (TPSA) is 30.5 Å². The molecule has 1 N–H and O–H groups in total. The molecular weight excluding hydrogens is 250 g/mol. The van der Waals surface area contributed by atoms with Crippen molar-refractivity contribution in [1.29, 1.82) is 0 Å². The number of aryl methyl sites for hydroxylation is 2. The molecule has 1 saturated heterocycles. The van der Waals surface area contributed by atoms with Gasteiger partial charge in [0.2, 0.25) is 0 Å². The highest BCUT2D eigenvalue weighted by atomic mass is 16.5. The zero-order chi connectivity index (χ0) is 14.6. The van der Waals surface area contributed by atoms with Gasteiger partial charge in [-0.3, -0.25) is 0 Å². The normalized spacial score (nSPS) is 19.8. The summed E-state index contributed by atoms with van der Waals surface area (Å²) in [5.74, 6) is 0. The molecule has 1 fully saturated rings. The average Bonchev–Trinajstić information content (AvgIpc) is 2.48. The molecule has 1 unspecified atom stereocenters. The maximum Gasteiger partial charge on any atom is 0.0877 e. The minimum Gasteiger partial charge on any atom is -0.381 e. The van der Waals surface area contributed by atoms with E-state index in [1.807, 2.05) is 14.2 Å². The summed E-state index contributed by atoms with van der Waals surface area (Å²) in [6, 6.07) is 6.83. The Morgan fingerprint density at radius 2 is 1.85 bits per heavy atom. The second-order valence-corrected chi connectivity index (χ2v) is 5.80. The zero-order valence-corrected chi connectivity index (χ0v) is 13.2. The van der Waals surface area contributed by atoms with Crippen LogP contribution in [0.3, 0.4) is 0 Å². The first-order valence-corrected chi connectivity index (χ1v) is 7.48. The van der Waals surface area contributed by atoms with Crippen molar-refractivity contribution in [3.63, 3.8) is 0 Å². The SMILES string of the molecule is CNC(Cc1c(C)cccc1C)C1(OC)CCOCC1. The minimum atomic E-state index is -0.109. The first-order chi connectivity index (χ1) is 9.63. The van der Waals surface area contributed by atoms with E-state index < -0.39 is 0 Å². The largest absolute Gasteiger partial charge is 0.381 e. The molecular formula is C17H27NO2. The molecule has 0 aliphatic carbocycles. The van der Waals surface area contributed by atoms with Crippen molar-refractivity contribution in [3.8, 4) is 0 Å². The van der Waals surface area contributed by atoms with Crippen LogP contribution >= 0.6 is 0 Å². The van der Waals surface area contributed by atoms with Crippen LogP contribution in [0.2, 0.25) is 0 Å². The van der Waals surface area contributed by atoms with Gasteiger partial charge in [0.1, 0.15) is 0 Å². The number of nitrogens with one attached hydrogen (secondary N) is 1. The number of hydrogen-bond acceptors (Lipinski definition) is 3. The molecule has 3 heteroatoms. The van der Waals surface area contributed by atoms with Crippen LogP contribution in [0.1, 0.15) is 29.5 Å². The number of methoxy groups -OCH3 is 1. The van der Waals surface area contributed by atoms with E-state index in [0.29, 0.717) is 6.04 Å². The first-order valence-electron chi connectivity index (χ1n) is 7.48. The Labute approximate surface area is 122 Å². The summed E-state index contributed by atoms with van der Waals surface area (Å²) in [4.78, 5) is 0. The fraction of sp³-hybridized carbons (Fsp3) is 0.647. The predicted octanol–water partition coefficient (Wildman–Crippen LogP) is 2.63.